The van der Waals surface area contributed by atoms with Crippen LogP contribution in [-0.4, -0.2) is 25.2 Å². The maximum atomic E-state index is 13.1. The van der Waals surface area contributed by atoms with Crippen LogP contribution < -0.4 is 5.32 Å². The number of thiol groups is 1. The van der Waals surface area contributed by atoms with Gasteiger partial charge in [0.05, 0.1) is 6.10 Å². The van der Waals surface area contributed by atoms with Crippen molar-refractivity contribution in [1.82, 2.24) is 5.32 Å². The second-order valence-corrected chi connectivity index (χ2v) is 5.22. The van der Waals surface area contributed by atoms with Crippen LogP contribution in [-0.2, 0) is 4.74 Å². The Labute approximate surface area is 117 Å². The largest absolute Gasteiger partial charge is 0.378 e. The molecule has 1 aliphatic heterocycles. The lowest BCUT2D eigenvalue weighted by molar-refractivity contribution is 0.0827. The minimum absolute atomic E-state index is 0.184. The average molecular weight is 283 g/mol. The predicted molar refractivity (Wildman–Crippen MR) is 74.1 cm³/mol. The molecule has 2 unspecified atom stereocenters. The molecule has 19 heavy (non-hydrogen) atoms. The third kappa shape index (κ3) is 3.48. The molecule has 0 radical (unpaired) electrons. The lowest BCUT2D eigenvalue weighted by Crippen LogP contribution is -2.32. The summed E-state index contributed by atoms with van der Waals surface area (Å²) in [7, 11) is 0. The van der Waals surface area contributed by atoms with Gasteiger partial charge in [-0.2, -0.15) is 0 Å². The van der Waals surface area contributed by atoms with Gasteiger partial charge in [0.25, 0.3) is 5.91 Å². The third-order valence-electron chi connectivity index (χ3n) is 3.48. The first-order valence-electron chi connectivity index (χ1n) is 6.50. The van der Waals surface area contributed by atoms with E-state index in [-0.39, 0.29) is 16.9 Å². The fourth-order valence-electron chi connectivity index (χ4n) is 2.36. The molecule has 2 atom stereocenters. The number of carbonyl (C=O) groups is 1. The minimum atomic E-state index is -0.421. The van der Waals surface area contributed by atoms with E-state index in [9.17, 15) is 9.18 Å². The number of rotatable bonds is 4. The number of carbonyl (C=O) groups excluding carboxylic acids is 1. The Morgan fingerprint density at radius 2 is 2.37 bits per heavy atom. The molecule has 1 fully saturated rings. The number of halogens is 1. The minimum Gasteiger partial charge on any atom is -0.378 e. The first-order chi connectivity index (χ1) is 9.11. The van der Waals surface area contributed by atoms with E-state index < -0.39 is 5.82 Å². The lowest BCUT2D eigenvalue weighted by Gasteiger charge is -2.17. The van der Waals surface area contributed by atoms with Crippen LogP contribution in [0.2, 0.25) is 0 Å². The maximum absolute atomic E-state index is 13.1. The number of benzene rings is 1. The number of hydrogen-bond acceptors (Lipinski definition) is 3. The molecule has 0 spiro atoms. The average Bonchev–Trinajstić information content (AvgIpc) is 2.86. The molecule has 0 bridgehead atoms. The van der Waals surface area contributed by atoms with Crippen LogP contribution in [0.4, 0.5) is 4.39 Å². The van der Waals surface area contributed by atoms with Crippen molar-refractivity contribution in [2.24, 2.45) is 5.92 Å². The molecule has 1 aromatic carbocycles. The van der Waals surface area contributed by atoms with Gasteiger partial charge >= 0.3 is 0 Å². The SMILES string of the molecule is CCC1OCCC1CNC(=O)c1ccc(F)c(S)c1. The number of hydrogen-bond donors (Lipinski definition) is 2. The Balaban J connectivity index is 1.92. The zero-order chi connectivity index (χ0) is 13.8. The summed E-state index contributed by atoms with van der Waals surface area (Å²) < 4.78 is 18.6. The van der Waals surface area contributed by atoms with Gasteiger partial charge in [-0.25, -0.2) is 4.39 Å². The molecule has 1 aliphatic rings. The third-order valence-corrected chi connectivity index (χ3v) is 3.82. The van der Waals surface area contributed by atoms with Crippen LogP contribution >= 0.6 is 12.6 Å². The highest BCUT2D eigenvalue weighted by molar-refractivity contribution is 7.80. The molecule has 3 nitrogen and oxygen atoms in total. The summed E-state index contributed by atoms with van der Waals surface area (Å²) in [5.41, 5.74) is 0.429. The monoisotopic (exact) mass is 283 g/mol. The molecule has 1 heterocycles. The summed E-state index contributed by atoms with van der Waals surface area (Å²) in [5, 5.41) is 2.88. The van der Waals surface area contributed by atoms with Crippen molar-refractivity contribution in [1.29, 1.82) is 0 Å². The zero-order valence-corrected chi connectivity index (χ0v) is 11.8. The second kappa shape index (κ2) is 6.39. The van der Waals surface area contributed by atoms with Gasteiger partial charge < -0.3 is 10.1 Å². The quantitative estimate of drug-likeness (QED) is 0.834. The van der Waals surface area contributed by atoms with Gasteiger partial charge in [0.2, 0.25) is 0 Å². The summed E-state index contributed by atoms with van der Waals surface area (Å²) in [4.78, 5) is 12.1. The van der Waals surface area contributed by atoms with Gasteiger partial charge in [-0.1, -0.05) is 6.92 Å². The molecular formula is C14H18FNO2S. The summed E-state index contributed by atoms with van der Waals surface area (Å²) in [6.07, 6.45) is 2.16. The highest BCUT2D eigenvalue weighted by Crippen LogP contribution is 2.22. The molecule has 1 N–H and O–H groups in total. The summed E-state index contributed by atoms with van der Waals surface area (Å²) in [6, 6.07) is 4.16. The fraction of sp³-hybridized carbons (Fsp3) is 0.500. The topological polar surface area (TPSA) is 38.3 Å². The molecule has 2 rings (SSSR count). The predicted octanol–water partition coefficient (Wildman–Crippen LogP) is 2.66. The first-order valence-corrected chi connectivity index (χ1v) is 6.95. The smallest absolute Gasteiger partial charge is 0.251 e. The lowest BCUT2D eigenvalue weighted by atomic mass is 9.99. The van der Waals surface area contributed by atoms with Gasteiger partial charge in [-0.3, -0.25) is 4.79 Å². The Hall–Kier alpha value is -1.07. The van der Waals surface area contributed by atoms with Crippen molar-refractivity contribution in [2.45, 2.75) is 30.8 Å². The van der Waals surface area contributed by atoms with E-state index >= 15 is 0 Å². The van der Waals surface area contributed by atoms with Crippen molar-refractivity contribution in [3.63, 3.8) is 0 Å². The van der Waals surface area contributed by atoms with Gasteiger partial charge in [0, 0.05) is 29.5 Å². The van der Waals surface area contributed by atoms with E-state index in [0.717, 1.165) is 19.4 Å². The Morgan fingerprint density at radius 1 is 1.58 bits per heavy atom. The number of ether oxygens (including phenoxy) is 1. The van der Waals surface area contributed by atoms with E-state index in [2.05, 4.69) is 24.9 Å². The molecule has 5 heteroatoms. The normalized spacial score (nSPS) is 22.5. The summed E-state index contributed by atoms with van der Waals surface area (Å²) in [6.45, 7) is 3.44. The summed E-state index contributed by atoms with van der Waals surface area (Å²) >= 11 is 3.97. The Kier molecular flexibility index (Phi) is 4.82. The van der Waals surface area contributed by atoms with E-state index in [1.165, 1.54) is 18.2 Å². The Morgan fingerprint density at radius 3 is 3.05 bits per heavy atom. The van der Waals surface area contributed by atoms with Gasteiger partial charge in [-0.05, 0) is 31.0 Å². The fourth-order valence-corrected chi connectivity index (χ4v) is 2.57. The van der Waals surface area contributed by atoms with E-state index in [0.29, 0.717) is 18.0 Å². The highest BCUT2D eigenvalue weighted by atomic mass is 32.1. The second-order valence-electron chi connectivity index (χ2n) is 4.74. The van der Waals surface area contributed by atoms with Crippen molar-refractivity contribution in [3.8, 4) is 0 Å². The molecule has 0 aromatic heterocycles. The molecule has 0 aliphatic carbocycles. The van der Waals surface area contributed by atoms with Gasteiger partial charge in [-0.15, -0.1) is 12.6 Å². The molecule has 1 amide bonds. The summed E-state index contributed by atoms with van der Waals surface area (Å²) in [5.74, 6) is -0.253. The highest BCUT2D eigenvalue weighted by Gasteiger charge is 2.26. The van der Waals surface area contributed by atoms with Crippen molar-refractivity contribution in [3.05, 3.63) is 29.6 Å². The van der Waals surface area contributed by atoms with Crippen molar-refractivity contribution >= 4 is 18.5 Å². The maximum Gasteiger partial charge on any atom is 0.251 e. The van der Waals surface area contributed by atoms with Gasteiger partial charge in [0.15, 0.2) is 0 Å². The van der Waals surface area contributed by atoms with Crippen molar-refractivity contribution in [2.75, 3.05) is 13.2 Å². The van der Waals surface area contributed by atoms with Crippen LogP contribution in [0.1, 0.15) is 30.1 Å². The van der Waals surface area contributed by atoms with E-state index in [4.69, 9.17) is 4.74 Å². The zero-order valence-electron chi connectivity index (χ0n) is 10.9. The van der Waals surface area contributed by atoms with E-state index in [1.54, 1.807) is 0 Å². The van der Waals surface area contributed by atoms with Gasteiger partial charge in [0.1, 0.15) is 5.82 Å². The molecule has 104 valence electrons. The number of nitrogens with one attached hydrogen (secondary N) is 1. The van der Waals surface area contributed by atoms with Crippen molar-refractivity contribution < 1.29 is 13.9 Å². The van der Waals surface area contributed by atoms with Crippen LogP contribution in [0, 0.1) is 11.7 Å². The molecule has 0 saturated carbocycles. The molecule has 1 saturated heterocycles. The van der Waals surface area contributed by atoms with E-state index in [1.807, 2.05) is 0 Å². The Bertz CT molecular complexity index is 467. The van der Waals surface area contributed by atoms with Crippen LogP contribution in [0.25, 0.3) is 0 Å². The number of amides is 1. The molecular weight excluding hydrogens is 265 g/mol. The van der Waals surface area contributed by atoms with Crippen LogP contribution in [0.15, 0.2) is 23.1 Å². The first kappa shape index (κ1) is 14.3. The molecule has 1 aromatic rings. The van der Waals surface area contributed by atoms with Crippen LogP contribution in [0.5, 0.6) is 0 Å². The standard InChI is InChI=1S/C14H18FNO2S/c1-2-12-10(5-6-18-12)8-16-14(17)9-3-4-11(15)13(19)7-9/h3-4,7,10,12,19H,2,5-6,8H2,1H3,(H,16,17). The van der Waals surface area contributed by atoms with Crippen LogP contribution in [0.3, 0.4) is 0 Å².